The zero-order valence-electron chi connectivity index (χ0n) is 22.2. The Morgan fingerprint density at radius 1 is 0.933 bits per heavy atom. The molecule has 0 bridgehead atoms. The monoisotopic (exact) mass is 419 g/mol. The van der Waals surface area contributed by atoms with Crippen molar-refractivity contribution in [3.8, 4) is 6.07 Å². The molecule has 0 aromatic rings. The van der Waals surface area contributed by atoms with Gasteiger partial charge in [0.1, 0.15) is 0 Å². The first-order chi connectivity index (χ1) is 13.6. The standard InChI is InChI=1S/C28H53NO/c1-11-12-17-30-24(13-15-26(5,6)20-25(2,3)4)28(9,10)21-27(7,8)19-23-18-22(23)14-16-29/h22-24H,11-15,17-21H2,1-10H3. The molecule has 30 heavy (non-hydrogen) atoms. The van der Waals surface area contributed by atoms with Crippen LogP contribution >= 0.6 is 0 Å². The Hall–Kier alpha value is -0.550. The van der Waals surface area contributed by atoms with Gasteiger partial charge in [0.2, 0.25) is 0 Å². The van der Waals surface area contributed by atoms with E-state index in [1.54, 1.807) is 0 Å². The van der Waals surface area contributed by atoms with Crippen molar-refractivity contribution < 1.29 is 4.74 Å². The van der Waals surface area contributed by atoms with E-state index in [-0.39, 0.29) is 5.41 Å². The van der Waals surface area contributed by atoms with Crippen LogP contribution in [0, 0.1) is 44.8 Å². The SMILES string of the molecule is CCCCOC(CCC(C)(C)CC(C)(C)C)C(C)(C)CC(C)(C)CC1CC1CC#N. The minimum Gasteiger partial charge on any atom is -0.378 e. The van der Waals surface area contributed by atoms with Crippen molar-refractivity contribution in [2.45, 2.75) is 133 Å². The Balaban J connectivity index is 2.77. The number of hydrogen-bond acceptors (Lipinski definition) is 2. The van der Waals surface area contributed by atoms with Crippen molar-refractivity contribution in [3.63, 3.8) is 0 Å². The van der Waals surface area contributed by atoms with E-state index in [1.807, 2.05) is 0 Å². The first-order valence-corrected chi connectivity index (χ1v) is 12.6. The van der Waals surface area contributed by atoms with Crippen molar-refractivity contribution in [1.82, 2.24) is 0 Å². The summed E-state index contributed by atoms with van der Waals surface area (Å²) in [6, 6.07) is 2.37. The second kappa shape index (κ2) is 10.8. The number of hydrogen-bond donors (Lipinski definition) is 0. The first-order valence-electron chi connectivity index (χ1n) is 12.6. The van der Waals surface area contributed by atoms with Crippen LogP contribution in [0.15, 0.2) is 0 Å². The van der Waals surface area contributed by atoms with Crippen molar-refractivity contribution in [2.24, 2.45) is 33.5 Å². The predicted octanol–water partition coefficient (Wildman–Crippen LogP) is 8.80. The van der Waals surface area contributed by atoms with Crippen LogP contribution in [0.3, 0.4) is 0 Å². The lowest BCUT2D eigenvalue weighted by Gasteiger charge is -2.42. The molecule has 2 heteroatoms. The highest BCUT2D eigenvalue weighted by Crippen LogP contribution is 2.51. The molecule has 3 unspecified atom stereocenters. The van der Waals surface area contributed by atoms with Gasteiger partial charge in [-0.2, -0.15) is 5.26 Å². The lowest BCUT2D eigenvalue weighted by atomic mass is 9.67. The molecule has 1 aliphatic rings. The Bertz CT molecular complexity index is 546. The van der Waals surface area contributed by atoms with Gasteiger partial charge in [-0.25, -0.2) is 0 Å². The maximum Gasteiger partial charge on any atom is 0.0626 e. The first kappa shape index (κ1) is 27.5. The van der Waals surface area contributed by atoms with Crippen LogP contribution in [0.2, 0.25) is 0 Å². The van der Waals surface area contributed by atoms with E-state index in [4.69, 9.17) is 10.00 Å². The lowest BCUT2D eigenvalue weighted by Crippen LogP contribution is -2.37. The van der Waals surface area contributed by atoms with Crippen molar-refractivity contribution in [3.05, 3.63) is 0 Å². The molecule has 0 aromatic carbocycles. The Morgan fingerprint density at radius 3 is 2.10 bits per heavy atom. The molecule has 0 radical (unpaired) electrons. The average Bonchev–Trinajstić information content (AvgIpc) is 3.23. The predicted molar refractivity (Wildman–Crippen MR) is 130 cm³/mol. The quantitative estimate of drug-likeness (QED) is 0.263. The fourth-order valence-corrected chi connectivity index (χ4v) is 6.17. The highest BCUT2D eigenvalue weighted by molar-refractivity contribution is 4.96. The number of ether oxygens (including phenoxy) is 1. The molecule has 1 rings (SSSR count). The third kappa shape index (κ3) is 10.7. The fraction of sp³-hybridized carbons (Fsp3) is 0.964. The molecule has 0 N–H and O–H groups in total. The molecule has 2 nitrogen and oxygen atoms in total. The molecule has 3 atom stereocenters. The van der Waals surface area contributed by atoms with Gasteiger partial charge in [0, 0.05) is 13.0 Å². The van der Waals surface area contributed by atoms with E-state index in [1.165, 1.54) is 38.5 Å². The van der Waals surface area contributed by atoms with E-state index in [9.17, 15) is 0 Å². The molecular weight excluding hydrogens is 366 g/mol. The molecule has 0 heterocycles. The van der Waals surface area contributed by atoms with Gasteiger partial charge in [-0.3, -0.25) is 0 Å². The van der Waals surface area contributed by atoms with Crippen molar-refractivity contribution in [2.75, 3.05) is 6.61 Å². The number of nitriles is 1. The summed E-state index contributed by atoms with van der Waals surface area (Å²) in [5, 5.41) is 8.98. The Kier molecular flexibility index (Phi) is 9.94. The third-order valence-corrected chi connectivity index (χ3v) is 6.95. The van der Waals surface area contributed by atoms with E-state index in [2.05, 4.69) is 75.3 Å². The summed E-state index contributed by atoms with van der Waals surface area (Å²) in [6.07, 6.45) is 10.7. The van der Waals surface area contributed by atoms with Gasteiger partial charge in [0.25, 0.3) is 0 Å². The van der Waals surface area contributed by atoms with Gasteiger partial charge in [-0.15, -0.1) is 0 Å². The van der Waals surface area contributed by atoms with Crippen molar-refractivity contribution >= 4 is 0 Å². The van der Waals surface area contributed by atoms with Crippen LogP contribution in [-0.2, 0) is 4.74 Å². The number of unbranched alkanes of at least 4 members (excludes halogenated alkanes) is 1. The minimum atomic E-state index is 0.161. The topological polar surface area (TPSA) is 33.0 Å². The van der Waals surface area contributed by atoms with Crippen LogP contribution in [0.4, 0.5) is 0 Å². The summed E-state index contributed by atoms with van der Waals surface area (Å²) >= 11 is 0. The summed E-state index contributed by atoms with van der Waals surface area (Å²) in [7, 11) is 0. The highest BCUT2D eigenvalue weighted by Gasteiger charge is 2.43. The molecule has 0 aliphatic heterocycles. The molecule has 176 valence electrons. The van der Waals surface area contributed by atoms with Gasteiger partial charge >= 0.3 is 0 Å². The highest BCUT2D eigenvalue weighted by atomic mass is 16.5. The summed E-state index contributed by atoms with van der Waals surface area (Å²) in [5.74, 6) is 1.42. The Morgan fingerprint density at radius 2 is 1.57 bits per heavy atom. The molecule has 1 saturated carbocycles. The lowest BCUT2D eigenvalue weighted by molar-refractivity contribution is -0.0566. The molecule has 0 spiro atoms. The second-order valence-electron chi connectivity index (χ2n) is 13.8. The largest absolute Gasteiger partial charge is 0.378 e. The zero-order valence-corrected chi connectivity index (χ0v) is 22.2. The normalized spacial score (nSPS) is 21.4. The Labute approximate surface area is 189 Å². The number of rotatable bonds is 14. The molecule has 0 amide bonds. The van der Waals surface area contributed by atoms with Crippen LogP contribution in [0.5, 0.6) is 0 Å². The van der Waals surface area contributed by atoms with E-state index < -0.39 is 0 Å². The van der Waals surface area contributed by atoms with E-state index in [0.29, 0.717) is 28.3 Å². The van der Waals surface area contributed by atoms with E-state index in [0.717, 1.165) is 31.8 Å². The molecule has 1 aliphatic carbocycles. The maximum absolute atomic E-state index is 8.98. The second-order valence-corrected chi connectivity index (χ2v) is 13.8. The van der Waals surface area contributed by atoms with Gasteiger partial charge in [0.05, 0.1) is 12.2 Å². The summed E-state index contributed by atoms with van der Waals surface area (Å²) in [5.41, 5.74) is 1.17. The van der Waals surface area contributed by atoms with Crippen LogP contribution in [0.1, 0.15) is 127 Å². The van der Waals surface area contributed by atoms with Crippen LogP contribution in [-0.4, -0.2) is 12.7 Å². The fourth-order valence-electron chi connectivity index (χ4n) is 6.17. The summed E-state index contributed by atoms with van der Waals surface area (Å²) in [4.78, 5) is 0. The zero-order chi connectivity index (χ0) is 23.2. The summed E-state index contributed by atoms with van der Waals surface area (Å²) < 4.78 is 6.56. The van der Waals surface area contributed by atoms with Gasteiger partial charge < -0.3 is 4.74 Å². The van der Waals surface area contributed by atoms with Gasteiger partial charge in [-0.1, -0.05) is 75.7 Å². The smallest absolute Gasteiger partial charge is 0.0626 e. The van der Waals surface area contributed by atoms with Gasteiger partial charge in [-0.05, 0) is 78.4 Å². The maximum atomic E-state index is 8.98. The molecule has 0 saturated heterocycles. The molecule has 1 fully saturated rings. The van der Waals surface area contributed by atoms with Crippen LogP contribution < -0.4 is 0 Å². The molecular formula is C28H53NO. The number of nitrogens with zero attached hydrogens (tertiary/aromatic N) is 1. The average molecular weight is 420 g/mol. The van der Waals surface area contributed by atoms with Gasteiger partial charge in [0.15, 0.2) is 0 Å². The summed E-state index contributed by atoms with van der Waals surface area (Å²) in [6.45, 7) is 24.8. The van der Waals surface area contributed by atoms with E-state index >= 15 is 0 Å². The van der Waals surface area contributed by atoms with Crippen molar-refractivity contribution in [1.29, 1.82) is 5.26 Å². The minimum absolute atomic E-state index is 0.161. The third-order valence-electron chi connectivity index (χ3n) is 6.95. The van der Waals surface area contributed by atoms with Crippen LogP contribution in [0.25, 0.3) is 0 Å². The molecule has 0 aromatic heterocycles.